The monoisotopic (exact) mass is 509 g/mol. The van der Waals surface area contributed by atoms with Crippen molar-refractivity contribution in [3.05, 3.63) is 89.4 Å². The average molecular weight is 510 g/mol. The van der Waals surface area contributed by atoms with E-state index in [1.807, 2.05) is 6.92 Å². The standard InChI is InChI=1S/C26H27N3O6S/c1-18-9-11-20(12-10-18)36(33,34)24(27-23(30)21-7-4-3-6-19(21)2)26(32)29-15-13-28(14-16-29)25(31)22-8-5-17-35-22/h3-12,17,24H,13-16H2,1-2H3,(H,27,30)/t24-/m0/s1. The molecule has 1 atom stereocenters. The van der Waals surface area contributed by atoms with E-state index in [4.69, 9.17) is 4.42 Å². The van der Waals surface area contributed by atoms with Crippen LogP contribution >= 0.6 is 0 Å². The average Bonchev–Trinajstić information content (AvgIpc) is 3.42. The van der Waals surface area contributed by atoms with Crippen LogP contribution in [-0.4, -0.2) is 67.5 Å². The van der Waals surface area contributed by atoms with E-state index in [1.54, 1.807) is 55.5 Å². The van der Waals surface area contributed by atoms with E-state index in [1.165, 1.54) is 28.2 Å². The largest absolute Gasteiger partial charge is 0.459 e. The van der Waals surface area contributed by atoms with E-state index in [0.717, 1.165) is 5.56 Å². The third-order valence-corrected chi connectivity index (χ3v) is 8.02. The molecule has 1 aliphatic heterocycles. The second-order valence-corrected chi connectivity index (χ2v) is 10.7. The quantitative estimate of drug-likeness (QED) is 0.546. The molecule has 2 aromatic carbocycles. The molecule has 0 spiro atoms. The molecule has 36 heavy (non-hydrogen) atoms. The molecule has 0 bridgehead atoms. The van der Waals surface area contributed by atoms with Crippen molar-refractivity contribution in [1.29, 1.82) is 0 Å². The van der Waals surface area contributed by atoms with Crippen molar-refractivity contribution in [2.75, 3.05) is 26.2 Å². The maximum Gasteiger partial charge on any atom is 0.289 e. The molecule has 10 heteroatoms. The van der Waals surface area contributed by atoms with E-state index in [2.05, 4.69) is 5.32 Å². The normalized spacial score (nSPS) is 14.8. The van der Waals surface area contributed by atoms with E-state index in [-0.39, 0.29) is 48.3 Å². The Kier molecular flexibility index (Phi) is 7.25. The molecule has 3 aromatic rings. The maximum atomic E-state index is 13.6. The second-order valence-electron chi connectivity index (χ2n) is 8.62. The first-order valence-electron chi connectivity index (χ1n) is 11.5. The van der Waals surface area contributed by atoms with Crippen molar-refractivity contribution >= 4 is 27.6 Å². The number of carbonyl (C=O) groups is 3. The lowest BCUT2D eigenvalue weighted by Gasteiger charge is -2.36. The Morgan fingerprint density at radius 3 is 2.11 bits per heavy atom. The molecular formula is C26H27N3O6S. The first-order valence-corrected chi connectivity index (χ1v) is 13.0. The molecule has 3 amide bonds. The predicted molar refractivity (Wildman–Crippen MR) is 132 cm³/mol. The highest BCUT2D eigenvalue weighted by Crippen LogP contribution is 2.20. The van der Waals surface area contributed by atoms with E-state index in [0.29, 0.717) is 5.56 Å². The summed E-state index contributed by atoms with van der Waals surface area (Å²) >= 11 is 0. The van der Waals surface area contributed by atoms with Gasteiger partial charge in [-0.05, 0) is 49.7 Å². The lowest BCUT2D eigenvalue weighted by Crippen LogP contribution is -2.57. The van der Waals surface area contributed by atoms with Gasteiger partial charge in [0.2, 0.25) is 15.2 Å². The molecule has 0 saturated carbocycles. The third-order valence-electron chi connectivity index (χ3n) is 6.15. The molecule has 0 unspecified atom stereocenters. The fourth-order valence-corrected chi connectivity index (χ4v) is 5.48. The Morgan fingerprint density at radius 1 is 0.861 bits per heavy atom. The number of benzene rings is 2. The molecule has 0 aliphatic carbocycles. The molecule has 9 nitrogen and oxygen atoms in total. The highest BCUT2D eigenvalue weighted by molar-refractivity contribution is 7.92. The first-order chi connectivity index (χ1) is 17.2. The van der Waals surface area contributed by atoms with Crippen molar-refractivity contribution in [3.8, 4) is 0 Å². The number of nitrogens with zero attached hydrogens (tertiary/aromatic N) is 2. The number of amides is 3. The van der Waals surface area contributed by atoms with Crippen LogP contribution in [0, 0.1) is 13.8 Å². The maximum absolute atomic E-state index is 13.6. The number of sulfone groups is 1. The Labute approximate surface area is 209 Å². The van der Waals surface area contributed by atoms with Crippen LogP contribution in [0.2, 0.25) is 0 Å². The fraction of sp³-hybridized carbons (Fsp3) is 0.269. The van der Waals surface area contributed by atoms with Crippen LogP contribution in [0.15, 0.2) is 76.2 Å². The molecule has 1 N–H and O–H groups in total. The SMILES string of the molecule is Cc1ccc(S(=O)(=O)[C@H](NC(=O)c2ccccc2C)C(=O)N2CCN(C(=O)c3ccco3)CC2)cc1. The van der Waals surface area contributed by atoms with Crippen LogP contribution in [0.5, 0.6) is 0 Å². The van der Waals surface area contributed by atoms with Gasteiger partial charge in [-0.25, -0.2) is 8.42 Å². The summed E-state index contributed by atoms with van der Waals surface area (Å²) in [4.78, 5) is 42.0. The summed E-state index contributed by atoms with van der Waals surface area (Å²) in [6, 6.07) is 16.0. The Morgan fingerprint density at radius 2 is 1.50 bits per heavy atom. The van der Waals surface area contributed by atoms with Crippen LogP contribution in [0.4, 0.5) is 0 Å². The molecule has 1 saturated heterocycles. The summed E-state index contributed by atoms with van der Waals surface area (Å²) in [7, 11) is -4.27. The van der Waals surface area contributed by atoms with Crippen LogP contribution < -0.4 is 5.32 Å². The Hall–Kier alpha value is -3.92. The van der Waals surface area contributed by atoms with Crippen molar-refractivity contribution in [2.45, 2.75) is 24.1 Å². The molecule has 188 valence electrons. The van der Waals surface area contributed by atoms with Gasteiger partial charge in [0.15, 0.2) is 5.76 Å². The summed E-state index contributed by atoms with van der Waals surface area (Å²) in [6.07, 6.45) is 1.41. The molecule has 1 aromatic heterocycles. The zero-order valence-electron chi connectivity index (χ0n) is 20.0. The van der Waals surface area contributed by atoms with Crippen molar-refractivity contribution in [3.63, 3.8) is 0 Å². The summed E-state index contributed by atoms with van der Waals surface area (Å²) in [5.41, 5.74) is 1.79. The van der Waals surface area contributed by atoms with Gasteiger partial charge in [0.25, 0.3) is 17.7 Å². The molecule has 1 fully saturated rings. The van der Waals surface area contributed by atoms with E-state index < -0.39 is 27.0 Å². The first kappa shape index (κ1) is 25.2. The van der Waals surface area contributed by atoms with Crippen molar-refractivity contribution < 1.29 is 27.2 Å². The van der Waals surface area contributed by atoms with Gasteiger partial charge < -0.3 is 19.5 Å². The van der Waals surface area contributed by atoms with Crippen LogP contribution in [0.3, 0.4) is 0 Å². The highest BCUT2D eigenvalue weighted by Gasteiger charge is 2.40. The number of hydrogen-bond acceptors (Lipinski definition) is 6. The summed E-state index contributed by atoms with van der Waals surface area (Å²) in [5, 5.41) is 0.648. The van der Waals surface area contributed by atoms with E-state index in [9.17, 15) is 22.8 Å². The van der Waals surface area contributed by atoms with Crippen LogP contribution in [0.1, 0.15) is 32.0 Å². The van der Waals surface area contributed by atoms with E-state index >= 15 is 0 Å². The molecular weight excluding hydrogens is 482 g/mol. The van der Waals surface area contributed by atoms with Gasteiger partial charge in [-0.1, -0.05) is 35.9 Å². The smallest absolute Gasteiger partial charge is 0.289 e. The Bertz CT molecular complexity index is 1360. The number of piperazine rings is 1. The van der Waals surface area contributed by atoms with Gasteiger partial charge in [0.1, 0.15) is 0 Å². The number of rotatable bonds is 6. The van der Waals surface area contributed by atoms with Gasteiger partial charge in [-0.2, -0.15) is 0 Å². The number of furan rings is 1. The number of nitrogens with one attached hydrogen (secondary N) is 1. The van der Waals surface area contributed by atoms with Crippen molar-refractivity contribution in [2.24, 2.45) is 0 Å². The minimum atomic E-state index is -4.27. The van der Waals surface area contributed by atoms with Gasteiger partial charge in [0.05, 0.1) is 11.2 Å². The minimum Gasteiger partial charge on any atom is -0.459 e. The zero-order valence-corrected chi connectivity index (χ0v) is 20.8. The molecule has 4 rings (SSSR count). The Balaban J connectivity index is 1.58. The minimum absolute atomic E-state index is 0.0665. The zero-order chi connectivity index (χ0) is 25.9. The van der Waals surface area contributed by atoms with Gasteiger partial charge >= 0.3 is 0 Å². The van der Waals surface area contributed by atoms with Gasteiger partial charge in [0, 0.05) is 31.7 Å². The van der Waals surface area contributed by atoms with Crippen molar-refractivity contribution in [1.82, 2.24) is 15.1 Å². The van der Waals surface area contributed by atoms with Crippen LogP contribution in [-0.2, 0) is 14.6 Å². The van der Waals surface area contributed by atoms with Gasteiger partial charge in [-0.3, -0.25) is 14.4 Å². The van der Waals surface area contributed by atoms with Gasteiger partial charge in [-0.15, -0.1) is 0 Å². The summed E-state index contributed by atoms with van der Waals surface area (Å²) in [6.45, 7) is 4.19. The predicted octanol–water partition coefficient (Wildman–Crippen LogP) is 2.41. The van der Waals surface area contributed by atoms with Crippen LogP contribution in [0.25, 0.3) is 0 Å². The molecule has 0 radical (unpaired) electrons. The second kappa shape index (κ2) is 10.4. The summed E-state index contributed by atoms with van der Waals surface area (Å²) in [5.74, 6) is -1.51. The molecule has 2 heterocycles. The topological polar surface area (TPSA) is 117 Å². The lowest BCUT2D eigenvalue weighted by atomic mass is 10.1. The highest BCUT2D eigenvalue weighted by atomic mass is 32.2. The summed E-state index contributed by atoms with van der Waals surface area (Å²) < 4.78 is 32.3. The third kappa shape index (κ3) is 5.18. The number of carbonyl (C=O) groups excluding carboxylic acids is 3. The number of aryl methyl sites for hydroxylation is 2. The fourth-order valence-electron chi connectivity index (χ4n) is 4.01. The molecule has 1 aliphatic rings. The number of hydrogen-bond donors (Lipinski definition) is 1. The lowest BCUT2D eigenvalue weighted by molar-refractivity contribution is -0.132.